The van der Waals surface area contributed by atoms with E-state index in [0.29, 0.717) is 61.7 Å². The Bertz CT molecular complexity index is 2100. The third-order valence-electron chi connectivity index (χ3n) is 11.9. The summed E-state index contributed by atoms with van der Waals surface area (Å²) in [5.41, 5.74) is 4.48. The van der Waals surface area contributed by atoms with Crippen LogP contribution in [0.1, 0.15) is 42.7 Å². The molecule has 9 rings (SSSR count). The molecule has 4 aromatic rings. The summed E-state index contributed by atoms with van der Waals surface area (Å²) in [5.74, 6) is 1.50. The van der Waals surface area contributed by atoms with E-state index >= 15 is 0 Å². The average Bonchev–Trinajstić information content (AvgIpc) is 3.69. The zero-order valence-corrected chi connectivity index (χ0v) is 28.9. The van der Waals surface area contributed by atoms with Crippen molar-refractivity contribution in [3.63, 3.8) is 0 Å². The predicted octanol–water partition coefficient (Wildman–Crippen LogP) is 5.98. The number of rotatable bonds is 7. The molecule has 10 nitrogen and oxygen atoms in total. The van der Waals surface area contributed by atoms with E-state index < -0.39 is 12.8 Å². The number of likely N-dealkylation sites (N-methyl/N-ethyl adjacent to an activating group) is 1. The van der Waals surface area contributed by atoms with Gasteiger partial charge in [-0.1, -0.05) is 24.8 Å². The normalized spacial score (nSPS) is 21.2. The summed E-state index contributed by atoms with van der Waals surface area (Å²) in [5, 5.41) is 8.86. The number of nitrogens with zero attached hydrogens (tertiary/aromatic N) is 7. The summed E-state index contributed by atoms with van der Waals surface area (Å²) in [7, 11) is 2.10. The van der Waals surface area contributed by atoms with Gasteiger partial charge in [0.1, 0.15) is 11.3 Å². The highest BCUT2D eigenvalue weighted by Crippen LogP contribution is 2.53. The van der Waals surface area contributed by atoms with Crippen LogP contribution in [0.15, 0.2) is 49.2 Å². The third kappa shape index (κ3) is 5.34. The maximum atomic E-state index is 14.1. The molecule has 6 heterocycles. The van der Waals surface area contributed by atoms with Crippen LogP contribution in [-0.4, -0.2) is 107 Å². The van der Waals surface area contributed by atoms with Crippen molar-refractivity contribution in [3.05, 3.63) is 60.3 Å². The molecule has 0 bridgehead atoms. The molecule has 2 spiro atoms. The van der Waals surface area contributed by atoms with Crippen LogP contribution in [0, 0.1) is 12.3 Å². The molecule has 4 aliphatic heterocycles. The van der Waals surface area contributed by atoms with Crippen molar-refractivity contribution in [2.45, 2.75) is 50.2 Å². The molecule has 1 saturated carbocycles. The first-order valence-corrected chi connectivity index (χ1v) is 17.8. The lowest BCUT2D eigenvalue weighted by atomic mass is 9.72. The van der Waals surface area contributed by atoms with Crippen molar-refractivity contribution >= 4 is 39.5 Å². The predicted molar refractivity (Wildman–Crippen MR) is 190 cm³/mol. The van der Waals surface area contributed by atoms with E-state index in [1.807, 2.05) is 24.0 Å². The second-order valence-electron chi connectivity index (χ2n) is 15.3. The minimum absolute atomic E-state index is 0.0410. The van der Waals surface area contributed by atoms with Gasteiger partial charge in [-0.25, -0.2) is 4.98 Å². The van der Waals surface area contributed by atoms with Gasteiger partial charge in [0.25, 0.3) is 0 Å². The highest BCUT2D eigenvalue weighted by molar-refractivity contribution is 6.06. The van der Waals surface area contributed by atoms with Crippen LogP contribution in [0.25, 0.3) is 32.9 Å². The number of amides is 1. The van der Waals surface area contributed by atoms with Gasteiger partial charge in [-0.2, -0.15) is 23.3 Å². The number of alkyl halides is 3. The number of likely N-dealkylation sites (tertiary alicyclic amines) is 1. The van der Waals surface area contributed by atoms with E-state index in [4.69, 9.17) is 14.7 Å². The largest absolute Gasteiger partial charge is 0.481 e. The number of hydrogen-bond acceptors (Lipinski definition) is 8. The number of carbonyl (C=O) groups is 1. The van der Waals surface area contributed by atoms with Gasteiger partial charge in [0.15, 0.2) is 12.4 Å². The molecule has 1 aliphatic carbocycles. The van der Waals surface area contributed by atoms with Gasteiger partial charge in [-0.05, 0) is 80.5 Å². The first kappa shape index (κ1) is 32.3. The minimum atomic E-state index is -4.55. The topological polar surface area (TPSA) is 93.7 Å². The molecule has 2 aromatic carbocycles. The number of aromatic amines is 1. The first-order valence-electron chi connectivity index (χ1n) is 17.8. The van der Waals surface area contributed by atoms with Gasteiger partial charge in [-0.3, -0.25) is 14.8 Å². The highest BCUT2D eigenvalue weighted by atomic mass is 19.4. The minimum Gasteiger partial charge on any atom is -0.481 e. The van der Waals surface area contributed by atoms with E-state index in [1.165, 1.54) is 6.08 Å². The Morgan fingerprint density at radius 3 is 2.51 bits per heavy atom. The van der Waals surface area contributed by atoms with Crippen LogP contribution >= 0.6 is 0 Å². The SMILES string of the molecule is C=CC(=O)N1CC2(CCN(c3nc(N4CC5(C=CCN5C)C4)nc4c(OCC(F)(F)F)c(-c5c(C)ccc6[nH]ncc56)c(C5CC5)cc34)CC2)C1. The molecule has 0 unspecified atom stereocenters. The monoisotopic (exact) mass is 698 g/mol. The van der Waals surface area contributed by atoms with Crippen LogP contribution < -0.4 is 14.5 Å². The molecule has 1 N–H and O–H groups in total. The third-order valence-corrected chi connectivity index (χ3v) is 11.9. The molecule has 1 amide bonds. The summed E-state index contributed by atoms with van der Waals surface area (Å²) in [6.07, 6.45) is 6.60. The number of ether oxygens (including phenoxy) is 1. The van der Waals surface area contributed by atoms with Gasteiger partial charge in [0.05, 0.1) is 17.3 Å². The lowest BCUT2D eigenvalue weighted by Gasteiger charge is -2.54. The van der Waals surface area contributed by atoms with Gasteiger partial charge >= 0.3 is 6.18 Å². The zero-order chi connectivity index (χ0) is 35.3. The van der Waals surface area contributed by atoms with Crippen LogP contribution in [0.2, 0.25) is 0 Å². The van der Waals surface area contributed by atoms with Crippen molar-refractivity contribution in [3.8, 4) is 16.9 Å². The Balaban J connectivity index is 1.21. The Labute approximate surface area is 293 Å². The maximum Gasteiger partial charge on any atom is 0.422 e. The molecule has 3 saturated heterocycles. The first-order chi connectivity index (χ1) is 24.5. The summed E-state index contributed by atoms with van der Waals surface area (Å²) in [4.78, 5) is 31.1. The van der Waals surface area contributed by atoms with Crippen molar-refractivity contribution in [1.82, 2.24) is 30.0 Å². The number of H-pyrrole nitrogens is 1. The number of piperidine rings is 1. The molecule has 4 fully saturated rings. The molecule has 0 radical (unpaired) electrons. The van der Waals surface area contributed by atoms with Crippen molar-refractivity contribution in [2.24, 2.45) is 5.41 Å². The Hall–Kier alpha value is -4.65. The van der Waals surface area contributed by atoms with Gasteiger partial charge in [0, 0.05) is 67.6 Å². The molecule has 266 valence electrons. The van der Waals surface area contributed by atoms with E-state index in [1.54, 1.807) is 6.20 Å². The van der Waals surface area contributed by atoms with Crippen molar-refractivity contribution in [2.75, 3.05) is 69.3 Å². The van der Waals surface area contributed by atoms with E-state index in [9.17, 15) is 18.0 Å². The number of aryl methyl sites for hydroxylation is 1. The lowest BCUT2D eigenvalue weighted by molar-refractivity contribution is -0.153. The summed E-state index contributed by atoms with van der Waals surface area (Å²) in [6.45, 7) is 9.25. The summed E-state index contributed by atoms with van der Waals surface area (Å²) >= 11 is 0. The van der Waals surface area contributed by atoms with E-state index in [0.717, 1.165) is 65.6 Å². The number of aromatic nitrogens is 4. The number of carbonyl (C=O) groups excluding carboxylic acids is 1. The molecular weight excluding hydrogens is 657 g/mol. The van der Waals surface area contributed by atoms with Crippen LogP contribution in [0.5, 0.6) is 5.75 Å². The zero-order valence-electron chi connectivity index (χ0n) is 28.9. The van der Waals surface area contributed by atoms with Crippen molar-refractivity contribution < 1.29 is 22.7 Å². The van der Waals surface area contributed by atoms with E-state index in [2.05, 4.69) is 56.7 Å². The number of halogens is 3. The fourth-order valence-electron chi connectivity index (χ4n) is 8.74. The average molecular weight is 699 g/mol. The maximum absolute atomic E-state index is 14.1. The fourth-order valence-corrected chi connectivity index (χ4v) is 8.74. The molecule has 5 aliphatic rings. The van der Waals surface area contributed by atoms with Crippen molar-refractivity contribution in [1.29, 1.82) is 0 Å². The highest BCUT2D eigenvalue weighted by Gasteiger charge is 2.49. The second kappa shape index (κ2) is 11.4. The lowest BCUT2D eigenvalue weighted by Crippen LogP contribution is -2.67. The molecule has 0 atom stereocenters. The smallest absolute Gasteiger partial charge is 0.422 e. The number of hydrogen-bond donors (Lipinski definition) is 1. The fraction of sp³-hybridized carbons (Fsp3) is 0.474. The quantitative estimate of drug-likeness (QED) is 0.186. The Morgan fingerprint density at radius 1 is 1.08 bits per heavy atom. The van der Waals surface area contributed by atoms with Gasteiger partial charge in [0.2, 0.25) is 11.9 Å². The molecule has 13 heteroatoms. The summed E-state index contributed by atoms with van der Waals surface area (Å²) in [6, 6.07) is 6.04. The molecular formula is C38H41F3N8O2. The molecule has 51 heavy (non-hydrogen) atoms. The summed E-state index contributed by atoms with van der Waals surface area (Å²) < 4.78 is 48.1. The Kier molecular flexibility index (Phi) is 7.23. The van der Waals surface area contributed by atoms with E-state index in [-0.39, 0.29) is 28.5 Å². The standard InChI is InChI=1S/C38H41F3N8O2/c1-4-29(50)48-18-36(19-48)11-14-47(15-12-36)34-26-16-25(24-7-8-24)31(30-23(2)6-9-28-27(30)17-42-45-28)33(51-22-38(39,40)41)32(26)43-35(44-34)49-20-37(21-49)10-5-13-46(37)3/h4-6,9-10,16-17,24H,1,7-8,11-15,18-22H2,2-3H3,(H,42,45). The van der Waals surface area contributed by atoms with Crippen LogP contribution in [-0.2, 0) is 4.79 Å². The number of nitrogens with one attached hydrogen (secondary N) is 1. The Morgan fingerprint density at radius 2 is 1.84 bits per heavy atom. The number of benzene rings is 2. The van der Waals surface area contributed by atoms with Gasteiger partial charge in [-0.15, -0.1) is 0 Å². The number of fused-ring (bicyclic) bond motifs is 2. The van der Waals surface area contributed by atoms with Gasteiger partial charge < -0.3 is 19.4 Å². The molecule has 2 aromatic heterocycles. The van der Waals surface area contributed by atoms with Crippen LogP contribution in [0.4, 0.5) is 24.9 Å². The number of anilines is 2. The van der Waals surface area contributed by atoms with Crippen LogP contribution in [0.3, 0.4) is 0 Å². The second-order valence-corrected chi connectivity index (χ2v) is 15.3.